The molecular formula is C34H44ClF2N3O2. The third-order valence-corrected chi connectivity index (χ3v) is 7.99. The fraction of sp³-hybridized carbons (Fsp3) is 0.500. The highest BCUT2D eigenvalue weighted by atomic mass is 35.5. The van der Waals surface area contributed by atoms with Gasteiger partial charge in [-0.2, -0.15) is 0 Å². The van der Waals surface area contributed by atoms with Gasteiger partial charge < -0.3 is 9.36 Å². The molecule has 2 aliphatic rings. The lowest BCUT2D eigenvalue weighted by atomic mass is 9.75. The van der Waals surface area contributed by atoms with Crippen LogP contribution in [0.25, 0.3) is 5.69 Å². The maximum atomic E-state index is 13.4. The molecule has 1 saturated carbocycles. The number of hydrogen-bond donors (Lipinski definition) is 0. The van der Waals surface area contributed by atoms with E-state index in [1.165, 1.54) is 67.7 Å². The molecule has 1 aliphatic heterocycles. The van der Waals surface area contributed by atoms with Gasteiger partial charge in [0.25, 0.3) is 0 Å². The molecular weight excluding hydrogens is 556 g/mol. The summed E-state index contributed by atoms with van der Waals surface area (Å²) in [7, 11) is 0. The zero-order valence-electron chi connectivity index (χ0n) is 25.7. The lowest BCUT2D eigenvalue weighted by molar-refractivity contribution is -0.123. The van der Waals surface area contributed by atoms with E-state index < -0.39 is 11.6 Å². The van der Waals surface area contributed by atoms with Crippen LogP contribution in [0.1, 0.15) is 96.1 Å². The fourth-order valence-electron chi connectivity index (χ4n) is 5.63. The first kappa shape index (κ1) is 33.6. The number of hydrogen-bond acceptors (Lipinski definition) is 4. The summed E-state index contributed by atoms with van der Waals surface area (Å²) in [6, 6.07) is 12.1. The number of halogens is 3. The number of carbonyl (C=O) groups is 2. The Labute approximate surface area is 254 Å². The number of nitrogens with zero attached hydrogens (tertiary/aromatic N) is 3. The van der Waals surface area contributed by atoms with Crippen molar-refractivity contribution in [2.75, 3.05) is 13.1 Å². The van der Waals surface area contributed by atoms with E-state index in [0.717, 1.165) is 42.7 Å². The molecule has 2 heterocycles. The Hall–Kier alpha value is -2.90. The molecule has 0 spiro atoms. The van der Waals surface area contributed by atoms with E-state index in [9.17, 15) is 18.4 Å². The second-order valence-electron chi connectivity index (χ2n) is 13.0. The molecule has 0 radical (unpaired) electrons. The monoisotopic (exact) mass is 599 g/mol. The maximum Gasteiger partial charge on any atom is 0.179 e. The third kappa shape index (κ3) is 9.84. The van der Waals surface area contributed by atoms with Crippen LogP contribution in [-0.2, 0) is 10.2 Å². The Morgan fingerprint density at radius 1 is 1.02 bits per heavy atom. The van der Waals surface area contributed by atoms with E-state index in [1.54, 1.807) is 6.92 Å². The largest absolute Gasteiger partial charge is 0.303 e. The van der Waals surface area contributed by atoms with Gasteiger partial charge in [0.15, 0.2) is 5.78 Å². The van der Waals surface area contributed by atoms with Crippen LogP contribution in [0.15, 0.2) is 55.0 Å². The van der Waals surface area contributed by atoms with Crippen molar-refractivity contribution >= 4 is 23.2 Å². The standard InChI is InChI=1S/C13H23NO.C11H8F2N2O.C10H13Cl/c1-11(15)8-13(2)9-14(10-13)12-6-4-3-5-7-12;1-7(16)10-5-15(6-14-10)11-3-2-8(12)4-9(11)13;1-10(2,3)8-5-4-6-9(11)7-8/h12H,3-10H2,1-2H3;2-6H,1H3;4-7H,1-3H3. The van der Waals surface area contributed by atoms with Gasteiger partial charge in [-0.25, -0.2) is 13.8 Å². The molecule has 0 amide bonds. The van der Waals surface area contributed by atoms with Gasteiger partial charge in [0, 0.05) is 49.8 Å². The van der Waals surface area contributed by atoms with Crippen LogP contribution < -0.4 is 0 Å². The van der Waals surface area contributed by atoms with E-state index in [2.05, 4.69) is 43.6 Å². The van der Waals surface area contributed by atoms with Crippen molar-refractivity contribution in [3.63, 3.8) is 0 Å². The quantitative estimate of drug-likeness (QED) is 0.276. The first-order valence-corrected chi connectivity index (χ1v) is 15.0. The summed E-state index contributed by atoms with van der Waals surface area (Å²) in [5.41, 5.74) is 2.17. The van der Waals surface area contributed by atoms with E-state index >= 15 is 0 Å². The van der Waals surface area contributed by atoms with Crippen molar-refractivity contribution in [2.24, 2.45) is 5.41 Å². The molecule has 2 fully saturated rings. The highest BCUT2D eigenvalue weighted by Crippen LogP contribution is 2.38. The number of benzene rings is 2. The van der Waals surface area contributed by atoms with Gasteiger partial charge >= 0.3 is 0 Å². The molecule has 0 atom stereocenters. The molecule has 1 saturated heterocycles. The van der Waals surface area contributed by atoms with E-state index in [1.807, 2.05) is 18.2 Å². The molecule has 42 heavy (non-hydrogen) atoms. The van der Waals surface area contributed by atoms with Gasteiger partial charge in [0.1, 0.15) is 29.4 Å². The van der Waals surface area contributed by atoms with E-state index in [0.29, 0.717) is 11.2 Å². The molecule has 228 valence electrons. The number of carbonyl (C=O) groups excluding carboxylic acids is 2. The van der Waals surface area contributed by atoms with Crippen molar-refractivity contribution in [3.8, 4) is 5.69 Å². The van der Waals surface area contributed by atoms with Crippen molar-refractivity contribution < 1.29 is 18.4 Å². The average molecular weight is 600 g/mol. The number of Topliss-reactive ketones (excluding diaryl/α,β-unsaturated/α-hetero) is 2. The molecule has 3 aromatic rings. The maximum absolute atomic E-state index is 13.4. The zero-order chi connectivity index (χ0) is 31.1. The van der Waals surface area contributed by atoms with Gasteiger partial charge in [-0.3, -0.25) is 9.69 Å². The minimum atomic E-state index is -0.701. The molecule has 2 aromatic carbocycles. The highest BCUT2D eigenvalue weighted by Gasteiger charge is 2.42. The Morgan fingerprint density at radius 2 is 1.69 bits per heavy atom. The minimum Gasteiger partial charge on any atom is -0.303 e. The first-order valence-electron chi connectivity index (χ1n) is 14.7. The average Bonchev–Trinajstić information content (AvgIpc) is 3.38. The van der Waals surface area contributed by atoms with Crippen LogP contribution in [0.2, 0.25) is 5.02 Å². The SMILES string of the molecule is CC(=O)CC1(C)CN(C2CCCCC2)C1.CC(=O)c1cn(-c2ccc(F)cc2F)cn1.CC(C)(C)c1cccc(Cl)c1. The lowest BCUT2D eigenvalue weighted by Gasteiger charge is -2.52. The lowest BCUT2D eigenvalue weighted by Crippen LogP contribution is -2.59. The molecule has 1 aliphatic carbocycles. The third-order valence-electron chi connectivity index (χ3n) is 7.76. The van der Waals surface area contributed by atoms with E-state index in [4.69, 9.17) is 11.6 Å². The second-order valence-corrected chi connectivity index (χ2v) is 13.4. The van der Waals surface area contributed by atoms with Gasteiger partial charge in [0.05, 0.1) is 5.69 Å². The summed E-state index contributed by atoms with van der Waals surface area (Å²) in [6.45, 7) is 14.2. The Balaban J connectivity index is 0.000000176. The summed E-state index contributed by atoms with van der Waals surface area (Å²) in [5, 5.41) is 0.817. The van der Waals surface area contributed by atoms with Gasteiger partial charge in [-0.05, 0) is 60.4 Å². The molecule has 5 nitrogen and oxygen atoms in total. The number of likely N-dealkylation sites (tertiary alicyclic amines) is 1. The normalized spacial score (nSPS) is 16.8. The first-order chi connectivity index (χ1) is 19.7. The Bertz CT molecular complexity index is 1350. The number of aromatic nitrogens is 2. The zero-order valence-corrected chi connectivity index (χ0v) is 26.5. The predicted molar refractivity (Wildman–Crippen MR) is 165 cm³/mol. The van der Waals surface area contributed by atoms with Gasteiger partial charge in [-0.1, -0.05) is 70.7 Å². The van der Waals surface area contributed by atoms with Crippen LogP contribution in [0, 0.1) is 17.0 Å². The second kappa shape index (κ2) is 14.5. The number of ketones is 2. The Kier molecular flexibility index (Phi) is 11.6. The van der Waals surface area contributed by atoms with Crippen LogP contribution in [-0.4, -0.2) is 45.1 Å². The van der Waals surface area contributed by atoms with Gasteiger partial charge in [0.2, 0.25) is 0 Å². The summed E-state index contributed by atoms with van der Waals surface area (Å²) in [6.07, 6.45) is 10.5. The summed E-state index contributed by atoms with van der Waals surface area (Å²) < 4.78 is 27.4. The van der Waals surface area contributed by atoms with Crippen molar-refractivity contribution in [2.45, 2.75) is 91.5 Å². The summed E-state index contributed by atoms with van der Waals surface area (Å²) in [4.78, 5) is 28.5. The fourth-order valence-corrected chi connectivity index (χ4v) is 5.82. The highest BCUT2D eigenvalue weighted by molar-refractivity contribution is 6.30. The topological polar surface area (TPSA) is 55.2 Å². The smallest absolute Gasteiger partial charge is 0.179 e. The Morgan fingerprint density at radius 3 is 2.19 bits per heavy atom. The van der Waals surface area contributed by atoms with Crippen molar-refractivity contribution in [3.05, 3.63) is 82.9 Å². The molecule has 5 rings (SSSR count). The van der Waals surface area contributed by atoms with Crippen molar-refractivity contribution in [1.82, 2.24) is 14.5 Å². The number of imidazole rings is 1. The molecule has 8 heteroatoms. The minimum absolute atomic E-state index is 0.154. The van der Waals surface area contributed by atoms with E-state index in [-0.39, 0.29) is 22.6 Å². The predicted octanol–water partition coefficient (Wildman–Crippen LogP) is 8.61. The van der Waals surface area contributed by atoms with Crippen LogP contribution in [0.5, 0.6) is 0 Å². The molecule has 0 unspecified atom stereocenters. The van der Waals surface area contributed by atoms with Gasteiger partial charge in [-0.15, -0.1) is 0 Å². The van der Waals surface area contributed by atoms with Crippen LogP contribution >= 0.6 is 11.6 Å². The molecule has 1 aromatic heterocycles. The summed E-state index contributed by atoms with van der Waals surface area (Å²) >= 11 is 5.85. The number of rotatable bonds is 5. The molecule has 0 bridgehead atoms. The van der Waals surface area contributed by atoms with Crippen LogP contribution in [0.4, 0.5) is 8.78 Å². The van der Waals surface area contributed by atoms with Crippen LogP contribution in [0.3, 0.4) is 0 Å². The van der Waals surface area contributed by atoms with Crippen molar-refractivity contribution in [1.29, 1.82) is 0 Å². The molecule has 0 N–H and O–H groups in total. The summed E-state index contributed by atoms with van der Waals surface area (Å²) in [5.74, 6) is -1.21.